The van der Waals surface area contributed by atoms with E-state index >= 15 is 0 Å². The van der Waals surface area contributed by atoms with Crippen molar-refractivity contribution in [2.24, 2.45) is 0 Å². The monoisotopic (exact) mass is 418 g/mol. The zero-order valence-corrected chi connectivity index (χ0v) is 17.0. The van der Waals surface area contributed by atoms with E-state index in [2.05, 4.69) is 5.32 Å². The van der Waals surface area contributed by atoms with E-state index in [4.69, 9.17) is 16.3 Å². The van der Waals surface area contributed by atoms with Gasteiger partial charge in [0.2, 0.25) is 5.91 Å². The highest BCUT2D eigenvalue weighted by Gasteiger charge is 2.30. The van der Waals surface area contributed by atoms with Crippen molar-refractivity contribution in [1.29, 1.82) is 0 Å². The van der Waals surface area contributed by atoms with E-state index in [1.54, 1.807) is 49.4 Å². The molecule has 1 aliphatic heterocycles. The van der Waals surface area contributed by atoms with Gasteiger partial charge in [-0.2, -0.15) is 0 Å². The molecule has 1 unspecified atom stereocenters. The second kappa shape index (κ2) is 8.67. The Hall–Kier alpha value is -2.51. The molecule has 8 heteroatoms. The lowest BCUT2D eigenvalue weighted by molar-refractivity contribution is -0.122. The highest BCUT2D eigenvalue weighted by molar-refractivity contribution is 7.98. The summed E-state index contributed by atoms with van der Waals surface area (Å²) in [5.74, 6) is -1.26. The zero-order valence-electron chi connectivity index (χ0n) is 15.4. The van der Waals surface area contributed by atoms with Crippen LogP contribution in [0, 0.1) is 0 Å². The molecule has 0 saturated carbocycles. The molecule has 0 fully saturated rings. The fourth-order valence-corrected chi connectivity index (χ4v) is 3.66. The summed E-state index contributed by atoms with van der Waals surface area (Å²) in [4.78, 5) is 39.6. The third-order valence-corrected chi connectivity index (χ3v) is 5.40. The number of carbonyl (C=O) groups is 3. The second-order valence-electron chi connectivity index (χ2n) is 6.30. The summed E-state index contributed by atoms with van der Waals surface area (Å²) in [6.07, 6.45) is 2.03. The summed E-state index contributed by atoms with van der Waals surface area (Å²) in [7, 11) is 0. The molecule has 0 aromatic heterocycles. The number of nitrogens with one attached hydrogen (secondary N) is 1. The Bertz CT molecular complexity index is 934. The van der Waals surface area contributed by atoms with E-state index < -0.39 is 18.5 Å². The highest BCUT2D eigenvalue weighted by Crippen LogP contribution is 2.31. The lowest BCUT2D eigenvalue weighted by Crippen LogP contribution is -2.41. The molecule has 2 aromatic rings. The molecule has 2 aromatic carbocycles. The van der Waals surface area contributed by atoms with Crippen LogP contribution in [0.15, 0.2) is 47.4 Å². The van der Waals surface area contributed by atoms with Crippen molar-refractivity contribution in [2.75, 3.05) is 23.1 Å². The summed E-state index contributed by atoms with van der Waals surface area (Å²) < 4.78 is 5.23. The van der Waals surface area contributed by atoms with Crippen LogP contribution in [0.5, 0.6) is 0 Å². The van der Waals surface area contributed by atoms with Gasteiger partial charge in [-0.05, 0) is 43.5 Å². The van der Waals surface area contributed by atoms with E-state index in [1.807, 2.05) is 6.26 Å². The van der Waals surface area contributed by atoms with Gasteiger partial charge in [-0.1, -0.05) is 23.7 Å². The van der Waals surface area contributed by atoms with Gasteiger partial charge in [0.1, 0.15) is 0 Å². The van der Waals surface area contributed by atoms with Crippen molar-refractivity contribution in [1.82, 2.24) is 0 Å². The molecule has 3 rings (SSSR count). The van der Waals surface area contributed by atoms with Crippen molar-refractivity contribution in [3.63, 3.8) is 0 Å². The first-order valence-corrected chi connectivity index (χ1v) is 10.2. The molecule has 28 heavy (non-hydrogen) atoms. The van der Waals surface area contributed by atoms with Crippen LogP contribution >= 0.6 is 23.4 Å². The van der Waals surface area contributed by atoms with E-state index in [0.717, 1.165) is 4.90 Å². The molecule has 0 bridgehead atoms. The minimum Gasteiger partial charge on any atom is -0.452 e. The first kappa shape index (κ1) is 20.2. The number of rotatable bonds is 4. The maximum absolute atomic E-state index is 12.8. The van der Waals surface area contributed by atoms with E-state index in [-0.39, 0.29) is 29.0 Å². The Morgan fingerprint density at radius 1 is 1.29 bits per heavy atom. The molecule has 2 amide bonds. The van der Waals surface area contributed by atoms with Crippen LogP contribution in [0.3, 0.4) is 0 Å². The minimum atomic E-state index is -0.667. The van der Waals surface area contributed by atoms with Gasteiger partial charge in [-0.25, -0.2) is 4.79 Å². The maximum atomic E-state index is 12.8. The predicted molar refractivity (Wildman–Crippen MR) is 110 cm³/mol. The van der Waals surface area contributed by atoms with Crippen LogP contribution in [0.1, 0.15) is 23.7 Å². The maximum Gasteiger partial charge on any atom is 0.340 e. The molecule has 1 aliphatic rings. The first-order chi connectivity index (χ1) is 13.4. The molecule has 0 saturated heterocycles. The fraction of sp³-hybridized carbons (Fsp3) is 0.250. The predicted octanol–water partition coefficient (Wildman–Crippen LogP) is 3.98. The van der Waals surface area contributed by atoms with Gasteiger partial charge in [0.15, 0.2) is 6.61 Å². The van der Waals surface area contributed by atoms with Crippen molar-refractivity contribution in [3.05, 3.63) is 53.1 Å². The van der Waals surface area contributed by atoms with Gasteiger partial charge >= 0.3 is 5.97 Å². The SMILES string of the molecule is CSc1ccc(Cl)c(C(=O)OCC(=O)N2c3ccccc3NC(=O)CC2C)c1. The first-order valence-electron chi connectivity index (χ1n) is 8.62. The number of para-hydroxylation sites is 2. The zero-order chi connectivity index (χ0) is 20.3. The number of amides is 2. The summed E-state index contributed by atoms with van der Waals surface area (Å²) in [6.45, 7) is 1.33. The highest BCUT2D eigenvalue weighted by atomic mass is 35.5. The number of halogens is 1. The smallest absolute Gasteiger partial charge is 0.340 e. The van der Waals surface area contributed by atoms with Crippen LogP contribution in [0.2, 0.25) is 5.02 Å². The average molecular weight is 419 g/mol. The van der Waals surface area contributed by atoms with Crippen molar-refractivity contribution < 1.29 is 19.1 Å². The molecule has 6 nitrogen and oxygen atoms in total. The molecule has 1 heterocycles. The number of thioether (sulfide) groups is 1. The Balaban J connectivity index is 1.77. The number of hydrogen-bond acceptors (Lipinski definition) is 5. The number of esters is 1. The summed E-state index contributed by atoms with van der Waals surface area (Å²) in [6, 6.07) is 11.7. The summed E-state index contributed by atoms with van der Waals surface area (Å²) in [5, 5.41) is 3.05. The lowest BCUT2D eigenvalue weighted by atomic mass is 10.1. The van der Waals surface area contributed by atoms with E-state index in [1.165, 1.54) is 16.7 Å². The number of ether oxygens (including phenoxy) is 1. The molecule has 146 valence electrons. The standard InChI is InChI=1S/C20H19ClN2O4S/c1-12-9-18(24)22-16-5-3-4-6-17(16)23(12)19(25)11-27-20(26)14-10-13(28-2)7-8-15(14)21/h3-8,10,12H,9,11H2,1-2H3,(H,22,24). The van der Waals surface area contributed by atoms with E-state index in [9.17, 15) is 14.4 Å². The topological polar surface area (TPSA) is 75.7 Å². The molecule has 0 aliphatic carbocycles. The van der Waals surface area contributed by atoms with Crippen LogP contribution in [-0.4, -0.2) is 36.7 Å². The number of nitrogens with zero attached hydrogens (tertiary/aromatic N) is 1. The van der Waals surface area contributed by atoms with Crippen molar-refractivity contribution >= 4 is 52.5 Å². The summed E-state index contributed by atoms with van der Waals surface area (Å²) in [5.41, 5.74) is 1.33. The second-order valence-corrected chi connectivity index (χ2v) is 7.59. The largest absolute Gasteiger partial charge is 0.452 e. The molecule has 1 atom stereocenters. The summed E-state index contributed by atoms with van der Waals surface area (Å²) >= 11 is 7.56. The van der Waals surface area contributed by atoms with Crippen molar-refractivity contribution in [2.45, 2.75) is 24.3 Å². The van der Waals surface area contributed by atoms with Gasteiger partial charge in [-0.15, -0.1) is 11.8 Å². The lowest BCUT2D eigenvalue weighted by Gasteiger charge is -2.27. The van der Waals surface area contributed by atoms with Crippen molar-refractivity contribution in [3.8, 4) is 0 Å². The number of carbonyl (C=O) groups excluding carboxylic acids is 3. The Morgan fingerprint density at radius 2 is 2.04 bits per heavy atom. The molecular weight excluding hydrogens is 400 g/mol. The van der Waals surface area contributed by atoms with Gasteiger partial charge in [-0.3, -0.25) is 9.59 Å². The molecule has 1 N–H and O–H groups in total. The van der Waals surface area contributed by atoms with Crippen LogP contribution in [0.4, 0.5) is 11.4 Å². The Morgan fingerprint density at radius 3 is 2.79 bits per heavy atom. The quantitative estimate of drug-likeness (QED) is 0.600. The average Bonchev–Trinajstić information content (AvgIpc) is 2.80. The fourth-order valence-electron chi connectivity index (χ4n) is 3.03. The molecule has 0 spiro atoms. The molecule has 0 radical (unpaired) electrons. The van der Waals surface area contributed by atoms with Gasteiger partial charge in [0.05, 0.1) is 22.0 Å². The van der Waals surface area contributed by atoms with Gasteiger partial charge < -0.3 is 15.0 Å². The number of benzene rings is 2. The Labute approximate surface area is 172 Å². The van der Waals surface area contributed by atoms with Crippen LogP contribution < -0.4 is 10.2 Å². The number of anilines is 2. The number of hydrogen-bond donors (Lipinski definition) is 1. The number of fused-ring (bicyclic) bond motifs is 1. The van der Waals surface area contributed by atoms with E-state index in [0.29, 0.717) is 11.4 Å². The van der Waals surface area contributed by atoms with Crippen LogP contribution in [-0.2, 0) is 14.3 Å². The van der Waals surface area contributed by atoms with Gasteiger partial charge in [0.25, 0.3) is 5.91 Å². The Kier molecular flexibility index (Phi) is 6.26. The normalized spacial score (nSPS) is 16.0. The van der Waals surface area contributed by atoms with Gasteiger partial charge in [0, 0.05) is 17.4 Å². The minimum absolute atomic E-state index is 0.149. The molecular formula is C20H19ClN2O4S. The van der Waals surface area contributed by atoms with Crippen LogP contribution in [0.25, 0.3) is 0 Å². The third kappa shape index (κ3) is 4.31. The third-order valence-electron chi connectivity index (χ3n) is 4.35.